The molecule has 5 rings (SSSR count). The lowest BCUT2D eigenvalue weighted by Crippen LogP contribution is -2.23. The molecule has 0 radical (unpaired) electrons. The molecule has 0 unspecified atom stereocenters. The van der Waals surface area contributed by atoms with Gasteiger partial charge >= 0.3 is 0 Å². The van der Waals surface area contributed by atoms with Gasteiger partial charge in [0, 0.05) is 52.7 Å². The van der Waals surface area contributed by atoms with E-state index in [0.717, 1.165) is 22.8 Å². The largest absolute Gasteiger partial charge is 0.345 e. The van der Waals surface area contributed by atoms with Crippen molar-refractivity contribution in [2.75, 3.05) is 5.32 Å². The minimum atomic E-state index is -0.191. The number of carbonyl (C=O) groups is 2. The molecule has 2 heterocycles. The minimum absolute atomic E-state index is 0.0193. The summed E-state index contributed by atoms with van der Waals surface area (Å²) in [5.41, 5.74) is 2.31. The van der Waals surface area contributed by atoms with E-state index in [0.29, 0.717) is 22.1 Å². The van der Waals surface area contributed by atoms with Gasteiger partial charge in [0.1, 0.15) is 5.82 Å². The SMILES string of the molecule is O=C(NCc1ncccn1)c1ccc([C@@H]2C[C@H]2C(=O)Nc2ccc3cncc(Cl)c3c2)cc1. The molecule has 1 saturated carbocycles. The van der Waals surface area contributed by atoms with E-state index in [1.165, 1.54) is 0 Å². The Kier molecular flexibility index (Phi) is 5.71. The van der Waals surface area contributed by atoms with Gasteiger partial charge in [-0.05, 0) is 48.2 Å². The highest BCUT2D eigenvalue weighted by Gasteiger charge is 2.43. The molecule has 4 aromatic rings. The van der Waals surface area contributed by atoms with Crippen molar-refractivity contribution in [3.63, 3.8) is 0 Å². The highest BCUT2D eigenvalue weighted by atomic mass is 35.5. The van der Waals surface area contributed by atoms with Crippen LogP contribution in [0.25, 0.3) is 10.8 Å². The summed E-state index contributed by atoms with van der Waals surface area (Å²) >= 11 is 6.22. The minimum Gasteiger partial charge on any atom is -0.345 e. The molecule has 2 N–H and O–H groups in total. The third-order valence-corrected chi connectivity index (χ3v) is 6.04. The summed E-state index contributed by atoms with van der Waals surface area (Å²) in [6.07, 6.45) is 7.38. The highest BCUT2D eigenvalue weighted by molar-refractivity contribution is 6.35. The fourth-order valence-corrected chi connectivity index (χ4v) is 4.08. The predicted molar refractivity (Wildman–Crippen MR) is 126 cm³/mol. The Morgan fingerprint density at radius 2 is 1.82 bits per heavy atom. The Bertz CT molecular complexity index is 1330. The molecule has 0 spiro atoms. The van der Waals surface area contributed by atoms with Crippen LogP contribution in [0, 0.1) is 5.92 Å². The number of anilines is 1. The average molecular weight is 458 g/mol. The Morgan fingerprint density at radius 1 is 1.03 bits per heavy atom. The van der Waals surface area contributed by atoms with Crippen LogP contribution in [-0.2, 0) is 11.3 Å². The normalized spacial score (nSPS) is 16.9. The number of hydrogen-bond donors (Lipinski definition) is 2. The summed E-state index contributed by atoms with van der Waals surface area (Å²) in [5, 5.41) is 8.12. The van der Waals surface area contributed by atoms with Gasteiger partial charge in [-0.1, -0.05) is 29.8 Å². The number of pyridine rings is 1. The maximum Gasteiger partial charge on any atom is 0.251 e. The van der Waals surface area contributed by atoms with Gasteiger partial charge in [0.25, 0.3) is 5.91 Å². The molecule has 0 aliphatic heterocycles. The first-order valence-corrected chi connectivity index (χ1v) is 10.9. The van der Waals surface area contributed by atoms with Crippen LogP contribution in [0.4, 0.5) is 5.69 Å². The zero-order chi connectivity index (χ0) is 22.8. The van der Waals surface area contributed by atoms with Gasteiger partial charge in [-0.25, -0.2) is 9.97 Å². The van der Waals surface area contributed by atoms with Gasteiger partial charge in [0.15, 0.2) is 0 Å². The molecule has 2 aromatic heterocycles. The van der Waals surface area contributed by atoms with E-state index in [4.69, 9.17) is 11.6 Å². The Hall–Kier alpha value is -3.84. The predicted octanol–water partition coefficient (Wildman–Crippen LogP) is 4.35. The number of amides is 2. The lowest BCUT2D eigenvalue weighted by atomic mass is 10.1. The van der Waals surface area contributed by atoms with Crippen molar-refractivity contribution in [2.45, 2.75) is 18.9 Å². The molecule has 1 aliphatic rings. The molecule has 0 saturated heterocycles. The first-order chi connectivity index (χ1) is 16.1. The number of carbonyl (C=O) groups excluding carboxylic acids is 2. The lowest BCUT2D eigenvalue weighted by molar-refractivity contribution is -0.117. The Labute approximate surface area is 195 Å². The molecule has 2 aromatic carbocycles. The van der Waals surface area contributed by atoms with Crippen LogP contribution < -0.4 is 10.6 Å². The van der Waals surface area contributed by atoms with Crippen LogP contribution in [-0.4, -0.2) is 26.8 Å². The quantitative estimate of drug-likeness (QED) is 0.448. The van der Waals surface area contributed by atoms with Crippen molar-refractivity contribution >= 4 is 39.9 Å². The molecule has 2 amide bonds. The number of benzene rings is 2. The Morgan fingerprint density at radius 3 is 2.61 bits per heavy atom. The van der Waals surface area contributed by atoms with Crippen molar-refractivity contribution in [2.24, 2.45) is 5.92 Å². The van der Waals surface area contributed by atoms with Crippen LogP contribution in [0.3, 0.4) is 0 Å². The summed E-state index contributed by atoms with van der Waals surface area (Å²) in [6, 6.07) is 14.7. The molecule has 1 fully saturated rings. The third kappa shape index (κ3) is 4.68. The molecule has 7 nitrogen and oxygen atoms in total. The van der Waals surface area contributed by atoms with Crippen molar-refractivity contribution in [1.29, 1.82) is 0 Å². The number of rotatable bonds is 6. The number of nitrogens with zero attached hydrogens (tertiary/aromatic N) is 3. The van der Waals surface area contributed by atoms with Gasteiger partial charge in [0.05, 0.1) is 11.6 Å². The monoisotopic (exact) mass is 457 g/mol. The van der Waals surface area contributed by atoms with Crippen molar-refractivity contribution in [3.8, 4) is 0 Å². The maximum absolute atomic E-state index is 12.7. The second-order valence-corrected chi connectivity index (χ2v) is 8.37. The number of fused-ring (bicyclic) bond motifs is 1. The van der Waals surface area contributed by atoms with Gasteiger partial charge in [-0.3, -0.25) is 14.6 Å². The van der Waals surface area contributed by atoms with Gasteiger partial charge < -0.3 is 10.6 Å². The first-order valence-electron chi connectivity index (χ1n) is 10.6. The van der Waals surface area contributed by atoms with Crippen LogP contribution in [0.1, 0.15) is 34.1 Å². The molecular weight excluding hydrogens is 438 g/mol. The zero-order valence-corrected chi connectivity index (χ0v) is 18.3. The zero-order valence-electron chi connectivity index (χ0n) is 17.5. The van der Waals surface area contributed by atoms with E-state index in [1.807, 2.05) is 30.3 Å². The Balaban J connectivity index is 1.18. The highest BCUT2D eigenvalue weighted by Crippen LogP contribution is 2.48. The second-order valence-electron chi connectivity index (χ2n) is 7.96. The van der Waals surface area contributed by atoms with E-state index in [1.54, 1.807) is 43.0 Å². The van der Waals surface area contributed by atoms with E-state index in [9.17, 15) is 9.59 Å². The van der Waals surface area contributed by atoms with Gasteiger partial charge in [-0.15, -0.1) is 0 Å². The van der Waals surface area contributed by atoms with E-state index in [-0.39, 0.29) is 30.2 Å². The summed E-state index contributed by atoms with van der Waals surface area (Å²) in [6.45, 7) is 0.267. The summed E-state index contributed by atoms with van der Waals surface area (Å²) in [5.74, 6) is 0.398. The van der Waals surface area contributed by atoms with Gasteiger partial charge in [0.2, 0.25) is 5.91 Å². The fourth-order valence-electron chi connectivity index (χ4n) is 3.86. The number of aromatic nitrogens is 3. The summed E-state index contributed by atoms with van der Waals surface area (Å²) < 4.78 is 0. The molecular formula is C25H20ClN5O2. The molecule has 0 bridgehead atoms. The lowest BCUT2D eigenvalue weighted by Gasteiger charge is -2.08. The molecule has 2 atom stereocenters. The third-order valence-electron chi connectivity index (χ3n) is 5.73. The van der Waals surface area contributed by atoms with Gasteiger partial charge in [-0.2, -0.15) is 0 Å². The van der Waals surface area contributed by atoms with Crippen LogP contribution in [0.15, 0.2) is 73.3 Å². The fraction of sp³-hybridized carbons (Fsp3) is 0.160. The van der Waals surface area contributed by atoms with Crippen molar-refractivity contribution in [1.82, 2.24) is 20.3 Å². The van der Waals surface area contributed by atoms with Crippen molar-refractivity contribution in [3.05, 3.63) is 95.3 Å². The smallest absolute Gasteiger partial charge is 0.251 e. The standard InChI is InChI=1S/C25H20ClN5O2/c26-22-13-27-12-17-6-7-18(10-20(17)22)31-25(33)21-11-19(21)15-2-4-16(5-3-15)24(32)30-14-23-28-8-1-9-29-23/h1-10,12-13,19,21H,11,14H2,(H,30,32)(H,31,33)/t19-,21+/m0/s1. The van der Waals surface area contributed by atoms with Crippen LogP contribution in [0.5, 0.6) is 0 Å². The van der Waals surface area contributed by atoms with Crippen molar-refractivity contribution < 1.29 is 9.59 Å². The number of hydrogen-bond acceptors (Lipinski definition) is 5. The maximum atomic E-state index is 12.7. The summed E-state index contributed by atoms with van der Waals surface area (Å²) in [7, 11) is 0. The topological polar surface area (TPSA) is 96.9 Å². The van der Waals surface area contributed by atoms with E-state index < -0.39 is 0 Å². The number of nitrogens with one attached hydrogen (secondary N) is 2. The number of halogens is 1. The molecule has 164 valence electrons. The van der Waals surface area contributed by atoms with E-state index >= 15 is 0 Å². The molecule has 8 heteroatoms. The molecule has 33 heavy (non-hydrogen) atoms. The van der Waals surface area contributed by atoms with Crippen LogP contribution >= 0.6 is 11.6 Å². The summed E-state index contributed by atoms with van der Waals surface area (Å²) in [4.78, 5) is 37.4. The first kappa shape index (κ1) is 21.0. The average Bonchev–Trinajstić information content (AvgIpc) is 3.65. The second kappa shape index (κ2) is 8.96. The van der Waals surface area contributed by atoms with E-state index in [2.05, 4.69) is 25.6 Å². The molecule has 1 aliphatic carbocycles. The van der Waals surface area contributed by atoms with Crippen LogP contribution in [0.2, 0.25) is 5.02 Å².